The van der Waals surface area contributed by atoms with Crippen molar-refractivity contribution in [3.05, 3.63) is 28.7 Å². The Kier molecular flexibility index (Phi) is 6.50. The average molecular weight is 286 g/mol. The van der Waals surface area contributed by atoms with Gasteiger partial charge < -0.3 is 10.1 Å². The molecular weight excluding hydrogens is 266 g/mol. The molecule has 0 aliphatic heterocycles. The Morgan fingerprint density at radius 1 is 1.44 bits per heavy atom. The van der Waals surface area contributed by atoms with Crippen molar-refractivity contribution >= 4 is 15.9 Å². The molecule has 0 amide bonds. The zero-order valence-corrected chi connectivity index (χ0v) is 11.6. The second kappa shape index (κ2) is 7.69. The van der Waals surface area contributed by atoms with Gasteiger partial charge in [-0.25, -0.2) is 0 Å². The molecule has 16 heavy (non-hydrogen) atoms. The molecule has 0 spiro atoms. The fraction of sp³-hybridized carbons (Fsp3) is 0.538. The molecule has 1 N–H and O–H groups in total. The average Bonchev–Trinajstić information content (AvgIpc) is 2.28. The van der Waals surface area contributed by atoms with Crippen molar-refractivity contribution in [1.29, 1.82) is 0 Å². The van der Waals surface area contributed by atoms with Crippen molar-refractivity contribution in [3.63, 3.8) is 0 Å². The molecule has 0 unspecified atom stereocenters. The van der Waals surface area contributed by atoms with Crippen molar-refractivity contribution in [2.24, 2.45) is 0 Å². The Morgan fingerprint density at radius 3 is 2.94 bits per heavy atom. The fourth-order valence-electron chi connectivity index (χ4n) is 1.31. The molecule has 0 bridgehead atoms. The topological polar surface area (TPSA) is 21.3 Å². The zero-order valence-electron chi connectivity index (χ0n) is 10.0. The maximum Gasteiger partial charge on any atom is 0.120 e. The predicted octanol–water partition coefficient (Wildman–Crippen LogP) is 3.61. The van der Waals surface area contributed by atoms with E-state index in [9.17, 15) is 0 Å². The number of benzene rings is 1. The van der Waals surface area contributed by atoms with Crippen LogP contribution in [0.1, 0.15) is 26.7 Å². The van der Waals surface area contributed by atoms with Crippen LogP contribution in [0.15, 0.2) is 28.7 Å². The van der Waals surface area contributed by atoms with Crippen molar-refractivity contribution < 1.29 is 4.74 Å². The van der Waals surface area contributed by atoms with Gasteiger partial charge in [0, 0.05) is 10.5 Å². The van der Waals surface area contributed by atoms with Crippen molar-refractivity contribution in [1.82, 2.24) is 5.32 Å². The van der Waals surface area contributed by atoms with Crippen LogP contribution in [0.5, 0.6) is 5.75 Å². The van der Waals surface area contributed by atoms with Gasteiger partial charge in [0.2, 0.25) is 0 Å². The third-order valence-electron chi connectivity index (χ3n) is 2.49. The lowest BCUT2D eigenvalue weighted by atomic mass is 10.2. The first-order valence-corrected chi connectivity index (χ1v) is 6.63. The summed E-state index contributed by atoms with van der Waals surface area (Å²) in [6, 6.07) is 8.55. The summed E-state index contributed by atoms with van der Waals surface area (Å²) in [4.78, 5) is 0. The standard InChI is InChI=1S/C13H20BrNO/c1-3-11(2)15-8-5-9-16-13-7-4-6-12(14)10-13/h4,6-7,10-11,15H,3,5,8-9H2,1-2H3/t11-/m0/s1. The first-order chi connectivity index (χ1) is 7.72. The number of rotatable bonds is 7. The largest absolute Gasteiger partial charge is 0.494 e. The highest BCUT2D eigenvalue weighted by atomic mass is 79.9. The van der Waals surface area contributed by atoms with Gasteiger partial charge in [0.1, 0.15) is 5.75 Å². The molecule has 1 rings (SSSR count). The van der Waals surface area contributed by atoms with Crippen LogP contribution >= 0.6 is 15.9 Å². The van der Waals surface area contributed by atoms with Crippen LogP contribution in [0.4, 0.5) is 0 Å². The molecule has 0 saturated carbocycles. The van der Waals surface area contributed by atoms with Crippen LogP contribution in [-0.4, -0.2) is 19.2 Å². The first-order valence-electron chi connectivity index (χ1n) is 5.84. The molecule has 0 aliphatic rings. The molecule has 0 heterocycles. The Morgan fingerprint density at radius 2 is 2.25 bits per heavy atom. The van der Waals surface area contributed by atoms with Gasteiger partial charge in [-0.2, -0.15) is 0 Å². The summed E-state index contributed by atoms with van der Waals surface area (Å²) in [5, 5.41) is 3.44. The van der Waals surface area contributed by atoms with Crippen LogP contribution in [0.3, 0.4) is 0 Å². The minimum Gasteiger partial charge on any atom is -0.494 e. The number of nitrogens with one attached hydrogen (secondary N) is 1. The lowest BCUT2D eigenvalue weighted by Crippen LogP contribution is -2.27. The molecule has 1 aromatic carbocycles. The van der Waals surface area contributed by atoms with Crippen molar-refractivity contribution in [3.8, 4) is 5.75 Å². The molecule has 0 radical (unpaired) electrons. The van der Waals surface area contributed by atoms with Gasteiger partial charge in [-0.15, -0.1) is 0 Å². The smallest absolute Gasteiger partial charge is 0.120 e. The summed E-state index contributed by atoms with van der Waals surface area (Å²) < 4.78 is 6.69. The Balaban J connectivity index is 2.12. The molecule has 0 fully saturated rings. The maximum atomic E-state index is 5.63. The molecule has 0 aliphatic carbocycles. The van der Waals surface area contributed by atoms with E-state index >= 15 is 0 Å². The van der Waals surface area contributed by atoms with E-state index in [4.69, 9.17) is 4.74 Å². The van der Waals surface area contributed by atoms with E-state index in [1.807, 2.05) is 24.3 Å². The fourth-order valence-corrected chi connectivity index (χ4v) is 1.69. The van der Waals surface area contributed by atoms with E-state index in [1.54, 1.807) is 0 Å². The summed E-state index contributed by atoms with van der Waals surface area (Å²) >= 11 is 3.42. The van der Waals surface area contributed by atoms with Crippen LogP contribution in [-0.2, 0) is 0 Å². The lowest BCUT2D eigenvalue weighted by molar-refractivity contribution is 0.305. The minimum atomic E-state index is 0.603. The highest BCUT2D eigenvalue weighted by Gasteiger charge is 1.97. The number of halogens is 1. The molecule has 1 atom stereocenters. The summed E-state index contributed by atoms with van der Waals surface area (Å²) in [5.74, 6) is 0.929. The van der Waals surface area contributed by atoms with Crippen LogP contribution < -0.4 is 10.1 Å². The molecular formula is C13H20BrNO. The number of ether oxygens (including phenoxy) is 1. The third kappa shape index (κ3) is 5.52. The molecule has 0 saturated heterocycles. The first kappa shape index (κ1) is 13.5. The third-order valence-corrected chi connectivity index (χ3v) is 2.98. The maximum absolute atomic E-state index is 5.63. The highest BCUT2D eigenvalue weighted by molar-refractivity contribution is 9.10. The van der Waals surface area contributed by atoms with Crippen LogP contribution in [0.2, 0.25) is 0 Å². The Bertz CT molecular complexity index is 304. The van der Waals surface area contributed by atoms with Gasteiger partial charge >= 0.3 is 0 Å². The van der Waals surface area contributed by atoms with Gasteiger partial charge in [-0.3, -0.25) is 0 Å². The molecule has 0 aromatic heterocycles. The normalized spacial score (nSPS) is 12.4. The molecule has 2 nitrogen and oxygen atoms in total. The zero-order chi connectivity index (χ0) is 11.8. The second-order valence-electron chi connectivity index (χ2n) is 3.92. The summed E-state index contributed by atoms with van der Waals surface area (Å²) in [5.41, 5.74) is 0. The van der Waals surface area contributed by atoms with E-state index in [0.717, 1.165) is 29.8 Å². The van der Waals surface area contributed by atoms with Gasteiger partial charge in [0.15, 0.2) is 0 Å². The van der Waals surface area contributed by atoms with Gasteiger partial charge in [-0.05, 0) is 44.5 Å². The van der Waals surface area contributed by atoms with Gasteiger partial charge in [0.05, 0.1) is 6.61 Å². The number of hydrogen-bond donors (Lipinski definition) is 1. The van der Waals surface area contributed by atoms with Crippen LogP contribution in [0.25, 0.3) is 0 Å². The molecule has 3 heteroatoms. The van der Waals surface area contributed by atoms with E-state index in [-0.39, 0.29) is 0 Å². The van der Waals surface area contributed by atoms with E-state index in [2.05, 4.69) is 35.1 Å². The molecule has 90 valence electrons. The molecule has 1 aromatic rings. The summed E-state index contributed by atoms with van der Waals surface area (Å²) in [7, 11) is 0. The lowest BCUT2D eigenvalue weighted by Gasteiger charge is -2.11. The second-order valence-corrected chi connectivity index (χ2v) is 4.84. The highest BCUT2D eigenvalue weighted by Crippen LogP contribution is 2.17. The monoisotopic (exact) mass is 285 g/mol. The van der Waals surface area contributed by atoms with E-state index in [0.29, 0.717) is 6.04 Å². The van der Waals surface area contributed by atoms with Crippen molar-refractivity contribution in [2.75, 3.05) is 13.2 Å². The predicted molar refractivity (Wildman–Crippen MR) is 72.0 cm³/mol. The van der Waals surface area contributed by atoms with Crippen molar-refractivity contribution in [2.45, 2.75) is 32.7 Å². The van der Waals surface area contributed by atoms with Crippen LogP contribution in [0, 0.1) is 0 Å². The van der Waals surface area contributed by atoms with E-state index in [1.165, 1.54) is 6.42 Å². The van der Waals surface area contributed by atoms with E-state index < -0.39 is 0 Å². The Labute approximate surface area is 107 Å². The minimum absolute atomic E-state index is 0.603. The SMILES string of the molecule is CC[C@H](C)NCCCOc1cccc(Br)c1. The number of hydrogen-bond acceptors (Lipinski definition) is 2. The quantitative estimate of drug-likeness (QED) is 0.773. The summed E-state index contributed by atoms with van der Waals surface area (Å²) in [6.07, 6.45) is 2.21. The van der Waals surface area contributed by atoms with Gasteiger partial charge in [0.25, 0.3) is 0 Å². The Hall–Kier alpha value is -0.540. The van der Waals surface area contributed by atoms with Gasteiger partial charge in [-0.1, -0.05) is 28.9 Å². The summed E-state index contributed by atoms with van der Waals surface area (Å²) in [6.45, 7) is 6.17.